The van der Waals surface area contributed by atoms with Gasteiger partial charge in [-0.05, 0) is 87.6 Å². The Bertz CT molecular complexity index is 3180. The Kier molecular flexibility index (Phi) is 6.97. The van der Waals surface area contributed by atoms with Crippen LogP contribution in [-0.4, -0.2) is 0 Å². The Balaban J connectivity index is 1.06. The summed E-state index contributed by atoms with van der Waals surface area (Å²) >= 11 is 3.73. The molecule has 0 bridgehead atoms. The summed E-state index contributed by atoms with van der Waals surface area (Å²) in [6, 6.07) is 69.3. The predicted molar refractivity (Wildman–Crippen MR) is 233 cm³/mol. The third-order valence-electron chi connectivity index (χ3n) is 10.7. The zero-order chi connectivity index (χ0) is 34.9. The predicted octanol–water partition coefficient (Wildman–Crippen LogP) is 15.5. The molecule has 0 unspecified atom stereocenters. The summed E-state index contributed by atoms with van der Waals surface area (Å²) in [5.74, 6) is 0. The highest BCUT2D eigenvalue weighted by molar-refractivity contribution is 7.26. The van der Waals surface area contributed by atoms with Crippen LogP contribution in [0.4, 0.5) is 17.1 Å². The first-order valence-corrected chi connectivity index (χ1v) is 19.6. The Labute approximate surface area is 315 Å². The molecule has 0 radical (unpaired) electrons. The average molecular weight is 710 g/mol. The molecule has 0 aliphatic heterocycles. The number of anilines is 3. The van der Waals surface area contributed by atoms with Gasteiger partial charge in [-0.15, -0.1) is 22.7 Å². The van der Waals surface area contributed by atoms with Crippen molar-refractivity contribution in [2.45, 2.75) is 0 Å². The summed E-state index contributed by atoms with van der Waals surface area (Å²) in [4.78, 5) is 2.47. The van der Waals surface area contributed by atoms with Gasteiger partial charge in [-0.3, -0.25) is 0 Å². The van der Waals surface area contributed by atoms with Gasteiger partial charge in [-0.25, -0.2) is 0 Å². The largest absolute Gasteiger partial charge is 0.309 e. The molecule has 9 aromatic carbocycles. The molecule has 3 heteroatoms. The number of benzene rings is 9. The van der Waals surface area contributed by atoms with Crippen LogP contribution in [0.15, 0.2) is 188 Å². The van der Waals surface area contributed by atoms with Crippen LogP contribution in [0.5, 0.6) is 0 Å². The number of thiophene rings is 2. The lowest BCUT2D eigenvalue weighted by atomic mass is 9.94. The van der Waals surface area contributed by atoms with E-state index in [9.17, 15) is 0 Å². The highest BCUT2D eigenvalue weighted by Gasteiger charge is 2.20. The Morgan fingerprint density at radius 2 is 0.830 bits per heavy atom. The van der Waals surface area contributed by atoms with Crippen LogP contribution >= 0.6 is 22.7 Å². The summed E-state index contributed by atoms with van der Waals surface area (Å²) < 4.78 is 5.29. The maximum atomic E-state index is 2.47. The van der Waals surface area contributed by atoms with E-state index in [4.69, 9.17) is 0 Å². The molecular formula is C50H31NS2. The number of hydrogen-bond acceptors (Lipinski definition) is 3. The summed E-state index contributed by atoms with van der Waals surface area (Å²) in [5.41, 5.74) is 8.38. The van der Waals surface area contributed by atoms with Crippen LogP contribution in [0, 0.1) is 0 Å². The van der Waals surface area contributed by atoms with E-state index < -0.39 is 0 Å². The molecule has 248 valence electrons. The van der Waals surface area contributed by atoms with E-state index in [-0.39, 0.29) is 0 Å². The van der Waals surface area contributed by atoms with Crippen molar-refractivity contribution in [3.05, 3.63) is 188 Å². The Morgan fingerprint density at radius 3 is 1.58 bits per heavy atom. The second-order valence-electron chi connectivity index (χ2n) is 13.7. The fourth-order valence-electron chi connectivity index (χ4n) is 8.14. The first-order valence-electron chi connectivity index (χ1n) is 18.0. The molecule has 1 nitrogen and oxygen atoms in total. The quantitative estimate of drug-likeness (QED) is 0.172. The maximum absolute atomic E-state index is 2.47. The average Bonchev–Trinajstić information content (AvgIpc) is 3.79. The molecule has 0 saturated carbocycles. The molecule has 0 aliphatic rings. The normalized spacial score (nSPS) is 11.8. The van der Waals surface area contributed by atoms with E-state index in [0.29, 0.717) is 0 Å². The SMILES string of the molecule is c1ccc2c(N(c3ccc4sc5ccccc5c4c3)c3ccc(-c4ccc(-c5ccc6sc7ccccc7c6c5)cc4)c4ccccc34)cccc2c1. The second kappa shape index (κ2) is 12.2. The van der Waals surface area contributed by atoms with Crippen LogP contribution < -0.4 is 4.90 Å². The Hall–Kier alpha value is -6.26. The second-order valence-corrected chi connectivity index (χ2v) is 15.8. The van der Waals surface area contributed by atoms with Gasteiger partial charge in [0.25, 0.3) is 0 Å². The van der Waals surface area contributed by atoms with E-state index >= 15 is 0 Å². The topological polar surface area (TPSA) is 3.24 Å². The molecule has 0 atom stereocenters. The zero-order valence-electron chi connectivity index (χ0n) is 28.7. The minimum atomic E-state index is 1.15. The molecule has 11 aromatic rings. The van der Waals surface area contributed by atoms with Crippen LogP contribution in [0.3, 0.4) is 0 Å². The summed E-state index contributed by atoms with van der Waals surface area (Å²) in [6.07, 6.45) is 0. The van der Waals surface area contributed by atoms with Gasteiger partial charge in [-0.2, -0.15) is 0 Å². The van der Waals surface area contributed by atoms with E-state index in [1.807, 2.05) is 22.7 Å². The fraction of sp³-hybridized carbons (Fsp3) is 0. The minimum absolute atomic E-state index is 1.15. The smallest absolute Gasteiger partial charge is 0.0540 e. The highest BCUT2D eigenvalue weighted by Crippen LogP contribution is 2.46. The van der Waals surface area contributed by atoms with Crippen molar-refractivity contribution in [1.82, 2.24) is 0 Å². The van der Waals surface area contributed by atoms with Gasteiger partial charge in [0.05, 0.1) is 11.4 Å². The lowest BCUT2D eigenvalue weighted by Gasteiger charge is -2.29. The summed E-state index contributed by atoms with van der Waals surface area (Å²) in [7, 11) is 0. The first-order chi connectivity index (χ1) is 26.3. The molecule has 2 aromatic heterocycles. The molecule has 53 heavy (non-hydrogen) atoms. The Morgan fingerprint density at radius 1 is 0.302 bits per heavy atom. The van der Waals surface area contributed by atoms with Crippen LogP contribution in [0.25, 0.3) is 84.1 Å². The molecule has 0 saturated heterocycles. The molecule has 0 spiro atoms. The summed E-state index contributed by atoms with van der Waals surface area (Å²) in [6.45, 7) is 0. The molecule has 2 heterocycles. The van der Waals surface area contributed by atoms with Gasteiger partial charge < -0.3 is 4.90 Å². The van der Waals surface area contributed by atoms with Gasteiger partial charge in [0, 0.05) is 56.8 Å². The molecule has 11 rings (SSSR count). The fourth-order valence-corrected chi connectivity index (χ4v) is 10.3. The van der Waals surface area contributed by atoms with Gasteiger partial charge >= 0.3 is 0 Å². The van der Waals surface area contributed by atoms with Gasteiger partial charge in [-0.1, -0.05) is 133 Å². The van der Waals surface area contributed by atoms with Crippen molar-refractivity contribution in [2.75, 3.05) is 4.90 Å². The van der Waals surface area contributed by atoms with E-state index in [0.717, 1.165) is 11.4 Å². The van der Waals surface area contributed by atoms with Crippen LogP contribution in [0.1, 0.15) is 0 Å². The molecule has 0 amide bonds. The van der Waals surface area contributed by atoms with E-state index in [1.165, 1.54) is 89.8 Å². The first kappa shape index (κ1) is 30.4. The van der Waals surface area contributed by atoms with Crippen molar-refractivity contribution in [3.63, 3.8) is 0 Å². The number of hydrogen-bond donors (Lipinski definition) is 0. The van der Waals surface area contributed by atoms with Gasteiger partial charge in [0.1, 0.15) is 0 Å². The third-order valence-corrected chi connectivity index (χ3v) is 13.0. The highest BCUT2D eigenvalue weighted by atomic mass is 32.1. The number of fused-ring (bicyclic) bond motifs is 8. The maximum Gasteiger partial charge on any atom is 0.0540 e. The molecular weight excluding hydrogens is 679 g/mol. The van der Waals surface area contributed by atoms with Gasteiger partial charge in [0.15, 0.2) is 0 Å². The van der Waals surface area contributed by atoms with Crippen LogP contribution in [-0.2, 0) is 0 Å². The van der Waals surface area contributed by atoms with Crippen LogP contribution in [0.2, 0.25) is 0 Å². The number of rotatable bonds is 5. The lowest BCUT2D eigenvalue weighted by Crippen LogP contribution is -2.11. The zero-order valence-corrected chi connectivity index (χ0v) is 30.3. The van der Waals surface area contributed by atoms with Crippen molar-refractivity contribution < 1.29 is 0 Å². The monoisotopic (exact) mass is 709 g/mol. The standard InChI is InChI=1S/C50H31NS2/c1-2-12-38-33(10-1)11-9-17-45(38)51(36-25-29-50-44(31-36)42-16-6-8-19-48(42)53-50)46-27-26-37(39-13-3-4-14-40(39)46)34-22-20-32(21-23-34)35-24-28-49-43(30-35)41-15-5-7-18-47(41)52-49/h1-31H. The molecule has 0 aliphatic carbocycles. The van der Waals surface area contributed by atoms with Crippen molar-refractivity contribution >= 4 is 102 Å². The number of nitrogens with zero attached hydrogens (tertiary/aromatic N) is 1. The minimum Gasteiger partial charge on any atom is -0.309 e. The van der Waals surface area contributed by atoms with Crippen molar-refractivity contribution in [3.8, 4) is 22.3 Å². The van der Waals surface area contributed by atoms with E-state index in [1.54, 1.807) is 0 Å². The van der Waals surface area contributed by atoms with E-state index in [2.05, 4.69) is 193 Å². The van der Waals surface area contributed by atoms with Crippen molar-refractivity contribution in [1.29, 1.82) is 0 Å². The third kappa shape index (κ3) is 4.97. The van der Waals surface area contributed by atoms with Crippen molar-refractivity contribution in [2.24, 2.45) is 0 Å². The molecule has 0 fully saturated rings. The molecule has 0 N–H and O–H groups in total. The summed E-state index contributed by atoms with van der Waals surface area (Å²) in [5, 5.41) is 10.2. The lowest BCUT2D eigenvalue weighted by molar-refractivity contribution is 1.32. The van der Waals surface area contributed by atoms with Gasteiger partial charge in [0.2, 0.25) is 0 Å².